The first-order valence-corrected chi connectivity index (χ1v) is 26.4. The third-order valence-electron chi connectivity index (χ3n) is 10.7. The summed E-state index contributed by atoms with van der Waals surface area (Å²) in [6.45, 7) is 27.1. The number of rotatable bonds is 4. The molecule has 0 spiro atoms. The van der Waals surface area contributed by atoms with Gasteiger partial charge in [0, 0.05) is 17.1 Å². The number of aryl methyl sites for hydroxylation is 1. The Morgan fingerprint density at radius 1 is 0.707 bits per heavy atom. The van der Waals surface area contributed by atoms with Crippen molar-refractivity contribution in [3.8, 4) is 22.3 Å². The Kier molecular flexibility index (Phi) is 15.8. The van der Waals surface area contributed by atoms with Crippen molar-refractivity contribution < 1.29 is 48.1 Å². The first-order chi connectivity index (χ1) is 26.4. The fourth-order valence-electron chi connectivity index (χ4n) is 7.61. The molecule has 1 atom stereocenters. The van der Waals surface area contributed by atoms with Crippen LogP contribution in [0.1, 0.15) is 79.0 Å². The molecular formula is C53H59Cl2NSiZr-2. The van der Waals surface area contributed by atoms with Crippen LogP contribution in [0.25, 0.3) is 43.8 Å². The Hall–Kier alpha value is -3.33. The summed E-state index contributed by atoms with van der Waals surface area (Å²) in [6, 6.07) is 43.1. The van der Waals surface area contributed by atoms with Crippen LogP contribution < -0.4 is 29.7 Å². The van der Waals surface area contributed by atoms with Crippen LogP contribution in [-0.4, -0.2) is 11.5 Å². The quantitative estimate of drug-likeness (QED) is 0.126. The molecule has 5 heteroatoms. The van der Waals surface area contributed by atoms with Crippen molar-refractivity contribution >= 4 is 32.7 Å². The maximum absolute atomic E-state index is 3.57. The fourth-order valence-corrected chi connectivity index (χ4v) is 7.61. The first-order valence-electron chi connectivity index (χ1n) is 20.2. The average molecular weight is 900 g/mol. The molecule has 1 aliphatic carbocycles. The number of nitrogens with zero attached hydrogens (tertiary/aromatic N) is 1. The zero-order valence-electron chi connectivity index (χ0n) is 36.5. The van der Waals surface area contributed by atoms with Crippen LogP contribution >= 0.6 is 0 Å². The van der Waals surface area contributed by atoms with E-state index in [0.29, 0.717) is 12.0 Å². The molecule has 0 fully saturated rings. The molecule has 0 aromatic heterocycles. The molecule has 0 radical (unpaired) electrons. The maximum Gasteiger partial charge on any atom is -0.0132 e. The van der Waals surface area contributed by atoms with E-state index in [9.17, 15) is 0 Å². The molecule has 1 unspecified atom stereocenters. The van der Waals surface area contributed by atoms with E-state index >= 15 is 0 Å². The number of benzene rings is 5. The number of halogens is 2. The summed E-state index contributed by atoms with van der Waals surface area (Å²) in [4.78, 5) is 2.44. The van der Waals surface area contributed by atoms with Crippen molar-refractivity contribution in [3.63, 3.8) is 0 Å². The van der Waals surface area contributed by atoms with Crippen molar-refractivity contribution in [3.05, 3.63) is 167 Å². The Morgan fingerprint density at radius 3 is 1.83 bits per heavy atom. The van der Waals surface area contributed by atoms with Crippen LogP contribution in [0.4, 0.5) is 5.69 Å². The van der Waals surface area contributed by atoms with Crippen molar-refractivity contribution in [2.24, 2.45) is 5.92 Å². The summed E-state index contributed by atoms with van der Waals surface area (Å²) < 4.78 is 0. The topological polar surface area (TPSA) is 3.24 Å². The summed E-state index contributed by atoms with van der Waals surface area (Å²) in [5, 5.41) is 5.26. The summed E-state index contributed by atoms with van der Waals surface area (Å²) in [5.41, 5.74) is 14.9. The molecular weight excluding hydrogens is 841 g/mol. The smallest absolute Gasteiger partial charge is 0.0132 e. The van der Waals surface area contributed by atoms with Gasteiger partial charge in [-0.2, -0.15) is 6.07 Å². The molecule has 300 valence electrons. The molecule has 2 aliphatic rings. The Labute approximate surface area is 377 Å². The summed E-state index contributed by atoms with van der Waals surface area (Å²) >= 11 is 1.74. The van der Waals surface area contributed by atoms with E-state index in [0.717, 1.165) is 0 Å². The van der Waals surface area contributed by atoms with Gasteiger partial charge in [-0.05, 0) is 57.4 Å². The van der Waals surface area contributed by atoms with Crippen LogP contribution in [0.3, 0.4) is 0 Å². The number of hydrogen-bond donors (Lipinski definition) is 0. The molecule has 1 nitrogen and oxygen atoms in total. The maximum atomic E-state index is 3.57. The van der Waals surface area contributed by atoms with Crippen LogP contribution in [0.2, 0.25) is 13.1 Å². The predicted molar refractivity (Wildman–Crippen MR) is 244 cm³/mol. The zero-order chi connectivity index (χ0) is 40.5. The number of hydrogen-bond acceptors (Lipinski definition) is 1. The van der Waals surface area contributed by atoms with Crippen LogP contribution in [0, 0.1) is 18.9 Å². The van der Waals surface area contributed by atoms with Gasteiger partial charge in [-0.25, -0.2) is 0 Å². The van der Waals surface area contributed by atoms with Gasteiger partial charge in [0.05, 0.1) is 0 Å². The van der Waals surface area contributed by atoms with Gasteiger partial charge in [0.15, 0.2) is 0 Å². The van der Waals surface area contributed by atoms with Crippen molar-refractivity contribution in [1.29, 1.82) is 0 Å². The molecule has 0 N–H and O–H groups in total. The minimum Gasteiger partial charge on any atom is -1.00 e. The van der Waals surface area contributed by atoms with Gasteiger partial charge in [0.2, 0.25) is 0 Å². The van der Waals surface area contributed by atoms with Crippen molar-refractivity contribution in [2.75, 3.05) is 4.90 Å². The summed E-state index contributed by atoms with van der Waals surface area (Å²) in [5.74, 6) is 0.517. The molecule has 58 heavy (non-hydrogen) atoms. The second kappa shape index (κ2) is 19.4. The Bertz CT molecular complexity index is 2460. The molecule has 0 amide bonds. The van der Waals surface area contributed by atoms with Crippen molar-refractivity contribution in [2.45, 2.75) is 99.2 Å². The van der Waals surface area contributed by atoms with E-state index in [1.807, 2.05) is 0 Å². The minimum atomic E-state index is 0. The standard InChI is InChI=1S/C30H33.C21H20N.C2H6Si.2ClH.Zr/c1-20-16-24-18-23(21-8-12-25(13-9-21)29(2,3)4)19-28(27(24)17-20)22-10-14-26(15-11-22)30(5,6)7;1-14(2)17-12-18-11-15(3)22(21(18)13-17)20-10-6-8-16-7-4-5-9-19(16)20;1-3-2;;;/h8-19H,1-7H3;4-11,13-15H,1-3H3;1-2H3;2*1H;/q2*-1;;;;+2/p-2. The van der Waals surface area contributed by atoms with Gasteiger partial charge in [-0.15, -0.1) is 57.8 Å². The van der Waals surface area contributed by atoms with Gasteiger partial charge in [-0.3, -0.25) is 0 Å². The van der Waals surface area contributed by atoms with E-state index in [2.05, 4.69) is 221 Å². The largest absolute Gasteiger partial charge is 1.00 e. The van der Waals surface area contributed by atoms with E-state index in [1.165, 1.54) is 83.0 Å². The van der Waals surface area contributed by atoms with Gasteiger partial charge >= 0.3 is 41.9 Å². The molecule has 6 aromatic carbocycles. The average Bonchev–Trinajstić information content (AvgIpc) is 3.82. The SMILES string of the molecule is CC(C)C1=[C-]C2=CC(C)N(c3cccc4ccccc34)C2=C1.C[Si](C)=[Zr+2].Cc1cc2c(-c3ccc(C(C)(C)C)cc3)cc(-c3ccc(C(C)(C)C)cc3)cc2[cH-]1.[Cl-].[Cl-]. The molecule has 6 aromatic rings. The van der Waals surface area contributed by atoms with Crippen LogP contribution in [-0.2, 0) is 34.2 Å². The summed E-state index contributed by atoms with van der Waals surface area (Å²) in [7, 11) is 0. The Balaban J connectivity index is 0.000000235. The second-order valence-corrected chi connectivity index (χ2v) is 27.5. The van der Waals surface area contributed by atoms with E-state index in [-0.39, 0.29) is 41.1 Å². The van der Waals surface area contributed by atoms with Crippen molar-refractivity contribution in [1.82, 2.24) is 0 Å². The third-order valence-corrected chi connectivity index (χ3v) is 10.7. The minimum absolute atomic E-state index is 0. The molecule has 0 saturated carbocycles. The third kappa shape index (κ3) is 10.9. The summed E-state index contributed by atoms with van der Waals surface area (Å²) in [6.07, 6.45) is 8.20. The van der Waals surface area contributed by atoms with Crippen LogP contribution in [0.5, 0.6) is 0 Å². The van der Waals surface area contributed by atoms with Gasteiger partial charge < -0.3 is 29.7 Å². The molecule has 8 rings (SSSR count). The number of allylic oxidation sites excluding steroid dienone is 3. The second-order valence-electron chi connectivity index (χ2n) is 18.2. The number of anilines is 1. The molecule has 1 heterocycles. The van der Waals surface area contributed by atoms with E-state index in [4.69, 9.17) is 0 Å². The normalized spacial score (nSPS) is 14.6. The zero-order valence-corrected chi connectivity index (χ0v) is 41.5. The molecule has 0 bridgehead atoms. The molecule has 1 aliphatic heterocycles. The van der Waals surface area contributed by atoms with Gasteiger partial charge in [-0.1, -0.05) is 170 Å². The Morgan fingerprint density at radius 2 is 1.26 bits per heavy atom. The van der Waals surface area contributed by atoms with Gasteiger partial charge in [0.25, 0.3) is 0 Å². The van der Waals surface area contributed by atoms with Gasteiger partial charge in [0.1, 0.15) is 0 Å². The monoisotopic (exact) mass is 897 g/mol. The van der Waals surface area contributed by atoms with E-state index < -0.39 is 0 Å². The number of fused-ring (bicyclic) bond motifs is 3. The van der Waals surface area contributed by atoms with Crippen LogP contribution in [0.15, 0.2) is 144 Å². The fraction of sp³-hybridized carbons (Fsp3) is 0.302. The first kappa shape index (κ1) is 47.3. The molecule has 0 saturated heterocycles. The van der Waals surface area contributed by atoms with E-state index in [1.54, 1.807) is 23.3 Å². The predicted octanol–water partition coefficient (Wildman–Crippen LogP) is 8.85.